The minimum Gasteiger partial charge on any atom is -0.481 e. The van der Waals surface area contributed by atoms with Gasteiger partial charge in [0.1, 0.15) is 18.1 Å². The lowest BCUT2D eigenvalue weighted by molar-refractivity contribution is -0.139. The second-order valence-electron chi connectivity index (χ2n) is 8.29. The zero-order chi connectivity index (χ0) is 23.8. The van der Waals surface area contributed by atoms with Crippen LogP contribution in [0.25, 0.3) is 0 Å². The van der Waals surface area contributed by atoms with Gasteiger partial charge in [-0.05, 0) is 55.0 Å². The van der Waals surface area contributed by atoms with Gasteiger partial charge in [-0.15, -0.1) is 0 Å². The lowest BCUT2D eigenvalue weighted by atomic mass is 9.81. The lowest BCUT2D eigenvalue weighted by Gasteiger charge is -2.25. The Labute approximate surface area is 190 Å². The average Bonchev–Trinajstić information content (AvgIpc) is 3.26. The molecule has 2 aromatic rings. The minimum atomic E-state index is -4.41. The molecule has 180 valence electrons. The Morgan fingerprint density at radius 3 is 2.67 bits per heavy atom. The van der Waals surface area contributed by atoms with E-state index in [0.717, 1.165) is 32.1 Å². The number of nitrogens with zero attached hydrogens (tertiary/aromatic N) is 1. The Balaban J connectivity index is 1.59. The van der Waals surface area contributed by atoms with Crippen LogP contribution < -0.4 is 5.32 Å². The predicted octanol–water partition coefficient (Wildman–Crippen LogP) is 5.85. The highest BCUT2D eigenvalue weighted by Gasteiger charge is 2.35. The smallest absolute Gasteiger partial charge is 0.416 e. The summed E-state index contributed by atoms with van der Waals surface area (Å²) in [5, 5.41) is 15.6. The quantitative estimate of drug-likeness (QED) is 0.261. The molecule has 1 aromatic heterocycles. The zero-order valence-corrected chi connectivity index (χ0v) is 18.6. The van der Waals surface area contributed by atoms with E-state index < -0.39 is 17.7 Å². The molecular weight excluding hydrogens is 437 g/mol. The number of furan rings is 1. The van der Waals surface area contributed by atoms with E-state index in [1.165, 1.54) is 6.07 Å². The number of carbonyl (C=O) groups is 1. The Bertz CT molecular complexity index is 963. The number of aliphatic carboxylic acids is 1. The van der Waals surface area contributed by atoms with Crippen molar-refractivity contribution < 1.29 is 32.3 Å². The first-order chi connectivity index (χ1) is 15.7. The number of nitrogens with one attached hydrogen (secondary N) is 1. The Kier molecular flexibility index (Phi) is 8.55. The minimum absolute atomic E-state index is 0.0135. The molecule has 1 aliphatic carbocycles. The number of oxime groups is 1. The summed E-state index contributed by atoms with van der Waals surface area (Å²) in [6, 6.07) is 7.88. The largest absolute Gasteiger partial charge is 0.481 e. The second kappa shape index (κ2) is 11.4. The van der Waals surface area contributed by atoms with E-state index in [-0.39, 0.29) is 18.9 Å². The van der Waals surface area contributed by atoms with Crippen LogP contribution in [-0.4, -0.2) is 23.3 Å². The number of hydrogen-bond donors (Lipinski definition) is 2. The van der Waals surface area contributed by atoms with Gasteiger partial charge in [0.15, 0.2) is 5.76 Å². The number of carboxylic acids is 1. The molecule has 0 saturated heterocycles. The molecule has 1 fully saturated rings. The van der Waals surface area contributed by atoms with Crippen molar-refractivity contribution in [1.29, 1.82) is 0 Å². The van der Waals surface area contributed by atoms with Gasteiger partial charge < -0.3 is 19.7 Å². The second-order valence-corrected chi connectivity index (χ2v) is 8.29. The van der Waals surface area contributed by atoms with E-state index in [0.29, 0.717) is 41.4 Å². The Morgan fingerprint density at radius 1 is 1.21 bits per heavy atom. The van der Waals surface area contributed by atoms with Crippen LogP contribution in [0.15, 0.2) is 39.9 Å². The van der Waals surface area contributed by atoms with Crippen LogP contribution in [0.5, 0.6) is 0 Å². The normalized spacial score (nSPS) is 15.6. The molecule has 0 spiro atoms. The molecule has 1 aromatic carbocycles. The maximum absolute atomic E-state index is 13.7. The van der Waals surface area contributed by atoms with Crippen LogP contribution in [-0.2, 0) is 29.0 Å². The first-order valence-electron chi connectivity index (χ1n) is 11.1. The van der Waals surface area contributed by atoms with Crippen molar-refractivity contribution in [2.24, 2.45) is 5.16 Å². The first-order valence-corrected chi connectivity index (χ1v) is 11.1. The summed E-state index contributed by atoms with van der Waals surface area (Å²) in [4.78, 5) is 15.8. The number of benzene rings is 1. The monoisotopic (exact) mass is 466 g/mol. The van der Waals surface area contributed by atoms with Crippen LogP contribution in [0.4, 0.5) is 13.2 Å². The fourth-order valence-corrected chi connectivity index (χ4v) is 4.03. The molecule has 33 heavy (non-hydrogen) atoms. The van der Waals surface area contributed by atoms with Gasteiger partial charge in [0, 0.05) is 6.54 Å². The molecule has 3 rings (SSSR count). The van der Waals surface area contributed by atoms with Gasteiger partial charge in [0.05, 0.1) is 18.5 Å². The van der Waals surface area contributed by atoms with E-state index in [9.17, 15) is 18.0 Å². The van der Waals surface area contributed by atoms with Crippen LogP contribution in [0, 0.1) is 0 Å². The van der Waals surface area contributed by atoms with E-state index in [1.807, 2.05) is 0 Å². The van der Waals surface area contributed by atoms with Crippen LogP contribution in [0.2, 0.25) is 0 Å². The van der Waals surface area contributed by atoms with E-state index in [4.69, 9.17) is 14.4 Å². The van der Waals surface area contributed by atoms with Crippen molar-refractivity contribution in [3.63, 3.8) is 0 Å². The fraction of sp³-hybridized carbons (Fsp3) is 0.500. The standard InChI is InChI=1S/C24H29F3N2O4/c1-16(22-10-8-19(33-22)14-28-12-11-23(30)31)29-32-15-17-7-9-20(18-5-3-2-4-6-18)21(13-17)24(25,26)27/h7-10,13,18,28H,2-6,11-12,14-15H2,1H3,(H,30,31)/b29-16+. The molecule has 2 N–H and O–H groups in total. The highest BCUT2D eigenvalue weighted by Crippen LogP contribution is 2.41. The highest BCUT2D eigenvalue weighted by molar-refractivity contribution is 5.95. The Hall–Kier alpha value is -2.81. The number of halogens is 3. The zero-order valence-electron chi connectivity index (χ0n) is 18.6. The summed E-state index contributed by atoms with van der Waals surface area (Å²) >= 11 is 0. The predicted molar refractivity (Wildman–Crippen MR) is 117 cm³/mol. The van der Waals surface area contributed by atoms with Gasteiger partial charge in [-0.2, -0.15) is 13.2 Å². The molecule has 9 heteroatoms. The third-order valence-electron chi connectivity index (χ3n) is 5.73. The molecule has 0 amide bonds. The van der Waals surface area contributed by atoms with Crippen molar-refractivity contribution in [2.45, 2.75) is 70.7 Å². The summed E-state index contributed by atoms with van der Waals surface area (Å²) in [5.74, 6) is 0.151. The topological polar surface area (TPSA) is 84.1 Å². The molecule has 1 saturated carbocycles. The molecule has 0 aliphatic heterocycles. The van der Waals surface area contributed by atoms with Gasteiger partial charge >= 0.3 is 12.1 Å². The molecule has 0 unspecified atom stereocenters. The maximum atomic E-state index is 13.7. The summed E-state index contributed by atoms with van der Waals surface area (Å²) in [7, 11) is 0. The summed E-state index contributed by atoms with van der Waals surface area (Å²) in [6.45, 7) is 2.28. The van der Waals surface area contributed by atoms with Crippen molar-refractivity contribution in [3.8, 4) is 0 Å². The SMILES string of the molecule is C/C(=N\OCc1ccc(C2CCCCC2)c(C(F)(F)F)c1)c1ccc(CNCCC(=O)O)o1. The van der Waals surface area contributed by atoms with Crippen LogP contribution in [0.3, 0.4) is 0 Å². The van der Waals surface area contributed by atoms with E-state index >= 15 is 0 Å². The molecule has 0 radical (unpaired) electrons. The molecule has 6 nitrogen and oxygen atoms in total. The first kappa shape index (κ1) is 24.8. The maximum Gasteiger partial charge on any atom is 0.416 e. The lowest BCUT2D eigenvalue weighted by Crippen LogP contribution is -2.17. The average molecular weight is 467 g/mol. The third-order valence-corrected chi connectivity index (χ3v) is 5.73. The van der Waals surface area contributed by atoms with Gasteiger partial charge in [0.25, 0.3) is 0 Å². The van der Waals surface area contributed by atoms with Gasteiger partial charge in [0.2, 0.25) is 0 Å². The summed E-state index contributed by atoms with van der Waals surface area (Å²) in [5.41, 5.74) is 0.649. The molecule has 1 heterocycles. The van der Waals surface area contributed by atoms with Crippen molar-refractivity contribution >= 4 is 11.7 Å². The molecular formula is C24H29F3N2O4. The number of carboxylic acid groups (broad SMARTS) is 1. The van der Waals surface area contributed by atoms with Gasteiger partial charge in [-0.1, -0.05) is 36.6 Å². The van der Waals surface area contributed by atoms with E-state index in [1.54, 1.807) is 31.2 Å². The van der Waals surface area contributed by atoms with Gasteiger partial charge in [-0.3, -0.25) is 4.79 Å². The van der Waals surface area contributed by atoms with Crippen molar-refractivity contribution in [2.75, 3.05) is 6.54 Å². The van der Waals surface area contributed by atoms with E-state index in [2.05, 4.69) is 10.5 Å². The molecule has 0 atom stereocenters. The number of hydrogen-bond acceptors (Lipinski definition) is 5. The fourth-order valence-electron chi connectivity index (χ4n) is 4.03. The number of alkyl halides is 3. The molecule has 0 bridgehead atoms. The van der Waals surface area contributed by atoms with Crippen LogP contribution >= 0.6 is 0 Å². The molecule has 1 aliphatic rings. The Morgan fingerprint density at radius 2 is 1.97 bits per heavy atom. The van der Waals surface area contributed by atoms with Crippen LogP contribution in [0.1, 0.15) is 79.6 Å². The number of rotatable bonds is 10. The van der Waals surface area contributed by atoms with Crippen molar-refractivity contribution in [3.05, 3.63) is 58.5 Å². The third kappa shape index (κ3) is 7.35. The van der Waals surface area contributed by atoms with Gasteiger partial charge in [-0.25, -0.2) is 0 Å². The van der Waals surface area contributed by atoms with Crippen molar-refractivity contribution in [1.82, 2.24) is 5.32 Å². The summed E-state index contributed by atoms with van der Waals surface area (Å²) in [6.07, 6.45) is 0.205. The summed E-state index contributed by atoms with van der Waals surface area (Å²) < 4.78 is 46.7. The highest BCUT2D eigenvalue weighted by atomic mass is 19.4.